The van der Waals surface area contributed by atoms with E-state index in [-0.39, 0.29) is 6.03 Å². The van der Waals surface area contributed by atoms with E-state index >= 15 is 0 Å². The monoisotopic (exact) mass is 280 g/mol. The van der Waals surface area contributed by atoms with Gasteiger partial charge in [0.05, 0.1) is 13.7 Å². The highest BCUT2D eigenvalue weighted by molar-refractivity contribution is 5.74. The van der Waals surface area contributed by atoms with Gasteiger partial charge in [-0.1, -0.05) is 6.07 Å². The second-order valence-corrected chi connectivity index (χ2v) is 4.41. The standard InChI is InChI=1S/C15H24N2O3/c1-5-17(6-2)15(18)16-9-10-20-13-8-7-12(3)11-14(13)19-4/h7-8,11H,5-6,9-10H2,1-4H3,(H,16,18). The zero-order chi connectivity index (χ0) is 15.0. The first-order valence-corrected chi connectivity index (χ1v) is 6.92. The number of hydrogen-bond donors (Lipinski definition) is 1. The zero-order valence-corrected chi connectivity index (χ0v) is 12.7. The quantitative estimate of drug-likeness (QED) is 0.780. The van der Waals surface area contributed by atoms with Crippen molar-refractivity contribution in [1.82, 2.24) is 10.2 Å². The first-order valence-electron chi connectivity index (χ1n) is 6.92. The van der Waals surface area contributed by atoms with Gasteiger partial charge in [-0.05, 0) is 38.5 Å². The molecule has 2 amide bonds. The second-order valence-electron chi connectivity index (χ2n) is 4.41. The van der Waals surface area contributed by atoms with E-state index in [0.717, 1.165) is 5.56 Å². The fraction of sp³-hybridized carbons (Fsp3) is 0.533. The van der Waals surface area contributed by atoms with Gasteiger partial charge in [0.25, 0.3) is 0 Å². The molecule has 1 rings (SSSR count). The molecule has 0 heterocycles. The lowest BCUT2D eigenvalue weighted by Gasteiger charge is -2.19. The van der Waals surface area contributed by atoms with Crippen LogP contribution < -0.4 is 14.8 Å². The molecule has 0 unspecified atom stereocenters. The van der Waals surface area contributed by atoms with Gasteiger partial charge in [0, 0.05) is 13.1 Å². The van der Waals surface area contributed by atoms with Crippen molar-refractivity contribution in [2.45, 2.75) is 20.8 Å². The smallest absolute Gasteiger partial charge is 0.317 e. The highest BCUT2D eigenvalue weighted by Crippen LogP contribution is 2.27. The van der Waals surface area contributed by atoms with Gasteiger partial charge in [0.2, 0.25) is 0 Å². The van der Waals surface area contributed by atoms with Crippen molar-refractivity contribution in [1.29, 1.82) is 0 Å². The van der Waals surface area contributed by atoms with Crippen molar-refractivity contribution in [3.05, 3.63) is 23.8 Å². The van der Waals surface area contributed by atoms with Crippen molar-refractivity contribution in [3.63, 3.8) is 0 Å². The molecule has 0 fully saturated rings. The minimum Gasteiger partial charge on any atom is -0.493 e. The van der Waals surface area contributed by atoms with Gasteiger partial charge in [-0.25, -0.2) is 4.79 Å². The molecule has 0 saturated heterocycles. The van der Waals surface area contributed by atoms with Gasteiger partial charge >= 0.3 is 6.03 Å². The molecule has 1 aromatic rings. The highest BCUT2D eigenvalue weighted by atomic mass is 16.5. The molecule has 0 bridgehead atoms. The van der Waals surface area contributed by atoms with Gasteiger partial charge in [-0.3, -0.25) is 0 Å². The second kappa shape index (κ2) is 8.30. The van der Waals surface area contributed by atoms with Gasteiger partial charge in [0.15, 0.2) is 11.5 Å². The molecule has 0 spiro atoms. The van der Waals surface area contributed by atoms with Crippen LogP contribution in [-0.4, -0.2) is 44.3 Å². The van der Waals surface area contributed by atoms with E-state index in [0.29, 0.717) is 37.7 Å². The third kappa shape index (κ3) is 4.64. The van der Waals surface area contributed by atoms with Crippen molar-refractivity contribution < 1.29 is 14.3 Å². The minimum absolute atomic E-state index is 0.0607. The third-order valence-electron chi connectivity index (χ3n) is 3.01. The SMILES string of the molecule is CCN(CC)C(=O)NCCOc1ccc(C)cc1OC. The Morgan fingerprint density at radius 3 is 2.55 bits per heavy atom. The molecular formula is C15H24N2O3. The number of aryl methyl sites for hydroxylation is 1. The predicted molar refractivity (Wildman–Crippen MR) is 79.5 cm³/mol. The molecule has 0 saturated carbocycles. The molecule has 5 nitrogen and oxygen atoms in total. The Morgan fingerprint density at radius 1 is 1.25 bits per heavy atom. The van der Waals surface area contributed by atoms with Crippen molar-refractivity contribution in [3.8, 4) is 11.5 Å². The molecule has 112 valence electrons. The fourth-order valence-corrected chi connectivity index (χ4v) is 1.84. The number of carbonyl (C=O) groups is 1. The van der Waals surface area contributed by atoms with Crippen LogP contribution in [0.5, 0.6) is 11.5 Å². The number of nitrogens with zero attached hydrogens (tertiary/aromatic N) is 1. The maximum Gasteiger partial charge on any atom is 0.317 e. The summed E-state index contributed by atoms with van der Waals surface area (Å²) in [6.45, 7) is 8.19. The lowest BCUT2D eigenvalue weighted by Crippen LogP contribution is -2.41. The summed E-state index contributed by atoms with van der Waals surface area (Å²) in [6, 6.07) is 5.70. The Balaban J connectivity index is 2.40. The van der Waals surface area contributed by atoms with E-state index in [1.165, 1.54) is 0 Å². The Bertz CT molecular complexity index is 431. The van der Waals surface area contributed by atoms with Gasteiger partial charge in [0.1, 0.15) is 6.61 Å². The van der Waals surface area contributed by atoms with Crippen LogP contribution in [0.15, 0.2) is 18.2 Å². The number of benzene rings is 1. The lowest BCUT2D eigenvalue weighted by molar-refractivity contribution is 0.199. The number of nitrogens with one attached hydrogen (secondary N) is 1. The van der Waals surface area contributed by atoms with Gasteiger partial charge < -0.3 is 19.7 Å². The molecule has 0 radical (unpaired) electrons. The van der Waals surface area contributed by atoms with Crippen LogP contribution in [0.2, 0.25) is 0 Å². The number of carbonyl (C=O) groups excluding carboxylic acids is 1. The van der Waals surface area contributed by atoms with E-state index in [1.54, 1.807) is 12.0 Å². The summed E-state index contributed by atoms with van der Waals surface area (Å²) < 4.78 is 10.9. The van der Waals surface area contributed by atoms with Crippen LogP contribution in [0.1, 0.15) is 19.4 Å². The van der Waals surface area contributed by atoms with E-state index in [2.05, 4.69) is 5.32 Å². The molecule has 5 heteroatoms. The van der Waals surface area contributed by atoms with Gasteiger partial charge in [-0.2, -0.15) is 0 Å². The number of urea groups is 1. The number of hydrogen-bond acceptors (Lipinski definition) is 3. The van der Waals surface area contributed by atoms with Crippen molar-refractivity contribution in [2.24, 2.45) is 0 Å². The topological polar surface area (TPSA) is 50.8 Å². The summed E-state index contributed by atoms with van der Waals surface area (Å²) in [4.78, 5) is 13.4. The molecule has 1 aromatic carbocycles. The predicted octanol–water partition coefficient (Wildman–Crippen LogP) is 2.43. The molecule has 0 aliphatic heterocycles. The summed E-state index contributed by atoms with van der Waals surface area (Å²) in [6.07, 6.45) is 0. The van der Waals surface area contributed by atoms with Crippen LogP contribution in [0.4, 0.5) is 4.79 Å². The average molecular weight is 280 g/mol. The first kappa shape index (κ1) is 16.1. The van der Waals surface area contributed by atoms with E-state index in [4.69, 9.17) is 9.47 Å². The minimum atomic E-state index is -0.0607. The number of ether oxygens (including phenoxy) is 2. The molecule has 1 N–H and O–H groups in total. The number of methoxy groups -OCH3 is 1. The van der Waals surface area contributed by atoms with Crippen molar-refractivity contribution in [2.75, 3.05) is 33.4 Å². The van der Waals surface area contributed by atoms with Crippen LogP contribution in [-0.2, 0) is 0 Å². The largest absolute Gasteiger partial charge is 0.493 e. The maximum absolute atomic E-state index is 11.7. The Hall–Kier alpha value is -1.91. The summed E-state index contributed by atoms with van der Waals surface area (Å²) in [5, 5.41) is 2.82. The van der Waals surface area contributed by atoms with Gasteiger partial charge in [-0.15, -0.1) is 0 Å². The molecule has 20 heavy (non-hydrogen) atoms. The number of rotatable bonds is 7. The van der Waals surface area contributed by atoms with E-state index in [9.17, 15) is 4.79 Å². The zero-order valence-electron chi connectivity index (χ0n) is 12.7. The lowest BCUT2D eigenvalue weighted by atomic mass is 10.2. The maximum atomic E-state index is 11.7. The molecule has 0 aliphatic rings. The van der Waals surface area contributed by atoms with Crippen LogP contribution in [0, 0.1) is 6.92 Å². The summed E-state index contributed by atoms with van der Waals surface area (Å²) >= 11 is 0. The Labute approximate surface area is 120 Å². The summed E-state index contributed by atoms with van der Waals surface area (Å²) in [5.74, 6) is 1.40. The fourth-order valence-electron chi connectivity index (χ4n) is 1.84. The Kier molecular flexibility index (Phi) is 6.70. The molecule has 0 atom stereocenters. The van der Waals surface area contributed by atoms with Crippen molar-refractivity contribution >= 4 is 6.03 Å². The normalized spacial score (nSPS) is 10.0. The van der Waals surface area contributed by atoms with E-state index < -0.39 is 0 Å². The summed E-state index contributed by atoms with van der Waals surface area (Å²) in [7, 11) is 1.61. The van der Waals surface area contributed by atoms with E-state index in [1.807, 2.05) is 39.0 Å². The average Bonchev–Trinajstić information content (AvgIpc) is 2.46. The summed E-state index contributed by atoms with van der Waals surface area (Å²) in [5.41, 5.74) is 1.11. The van der Waals surface area contributed by atoms with Crippen LogP contribution >= 0.6 is 0 Å². The van der Waals surface area contributed by atoms with Crippen LogP contribution in [0.3, 0.4) is 0 Å². The van der Waals surface area contributed by atoms with Crippen LogP contribution in [0.25, 0.3) is 0 Å². The highest BCUT2D eigenvalue weighted by Gasteiger charge is 2.08. The molecule has 0 aromatic heterocycles. The molecule has 0 aliphatic carbocycles. The third-order valence-corrected chi connectivity index (χ3v) is 3.01. The Morgan fingerprint density at radius 2 is 1.95 bits per heavy atom. The first-order chi connectivity index (χ1) is 9.62. The number of amides is 2. The molecular weight excluding hydrogens is 256 g/mol.